The van der Waals surface area contributed by atoms with E-state index in [1.54, 1.807) is 25.1 Å². The fraction of sp³-hybridized carbons (Fsp3) is 0.211. The number of hydrogen-bond donors (Lipinski definition) is 4. The van der Waals surface area contributed by atoms with Crippen LogP contribution in [0.1, 0.15) is 34.1 Å². The number of benzene rings is 2. The summed E-state index contributed by atoms with van der Waals surface area (Å²) < 4.78 is 26.3. The first-order valence-corrected chi connectivity index (χ1v) is 10.3. The molecule has 10 heteroatoms. The van der Waals surface area contributed by atoms with Gasteiger partial charge in [-0.05, 0) is 36.4 Å². The predicted molar refractivity (Wildman–Crippen MR) is 108 cm³/mol. The molecule has 154 valence electrons. The number of primary amides is 1. The van der Waals surface area contributed by atoms with Crippen molar-refractivity contribution < 1.29 is 22.8 Å². The molecular formula is C19H22N4O5S. The first kappa shape index (κ1) is 22.1. The number of carbonyl (C=O) groups excluding carboxylic acids is 3. The van der Waals surface area contributed by atoms with Crippen LogP contribution in [0.2, 0.25) is 0 Å². The Kier molecular flexibility index (Phi) is 7.46. The number of carbonyl (C=O) groups is 3. The van der Waals surface area contributed by atoms with E-state index in [0.29, 0.717) is 0 Å². The molecule has 3 amide bonds. The van der Waals surface area contributed by atoms with Crippen LogP contribution in [0.4, 0.5) is 5.69 Å². The number of para-hydroxylation sites is 1. The normalized spacial score (nSPS) is 10.9. The van der Waals surface area contributed by atoms with Crippen LogP contribution in [0.25, 0.3) is 0 Å². The van der Waals surface area contributed by atoms with Gasteiger partial charge in [-0.1, -0.05) is 19.1 Å². The summed E-state index contributed by atoms with van der Waals surface area (Å²) in [7, 11) is -3.61. The van der Waals surface area contributed by atoms with E-state index in [4.69, 9.17) is 5.73 Å². The minimum absolute atomic E-state index is 0.00239. The number of rotatable bonds is 9. The lowest BCUT2D eigenvalue weighted by molar-refractivity contribution is -0.117. The van der Waals surface area contributed by atoms with Crippen LogP contribution in [0.3, 0.4) is 0 Å². The summed E-state index contributed by atoms with van der Waals surface area (Å²) in [6, 6.07) is 11.8. The first-order valence-electron chi connectivity index (χ1n) is 8.81. The molecule has 0 unspecified atom stereocenters. The third-order valence-corrected chi connectivity index (χ3v) is 5.40. The lowest BCUT2D eigenvalue weighted by Gasteiger charge is -2.11. The zero-order valence-corrected chi connectivity index (χ0v) is 16.6. The second-order valence-corrected chi connectivity index (χ2v) is 7.76. The van der Waals surface area contributed by atoms with Crippen molar-refractivity contribution in [1.29, 1.82) is 0 Å². The Morgan fingerprint density at radius 1 is 0.966 bits per heavy atom. The Balaban J connectivity index is 2.13. The summed E-state index contributed by atoms with van der Waals surface area (Å²) >= 11 is 0. The van der Waals surface area contributed by atoms with Gasteiger partial charge in [-0.25, -0.2) is 13.1 Å². The lowest BCUT2D eigenvalue weighted by atomic mass is 10.1. The summed E-state index contributed by atoms with van der Waals surface area (Å²) in [4.78, 5) is 35.6. The van der Waals surface area contributed by atoms with Gasteiger partial charge in [-0.2, -0.15) is 0 Å². The summed E-state index contributed by atoms with van der Waals surface area (Å²) in [5, 5.41) is 5.19. The van der Waals surface area contributed by atoms with Crippen LogP contribution in [0.5, 0.6) is 0 Å². The molecule has 29 heavy (non-hydrogen) atoms. The Hall–Kier alpha value is -3.24. The number of amides is 3. The maximum atomic E-state index is 12.5. The SMILES string of the molecule is CCNS(=O)(=O)c1ccc(C(=O)Nc2ccccc2C(=O)NCCC(N)=O)cc1. The highest BCUT2D eigenvalue weighted by Crippen LogP contribution is 2.17. The average Bonchev–Trinajstić information content (AvgIpc) is 2.68. The Bertz CT molecular complexity index is 1000. The van der Waals surface area contributed by atoms with Crippen LogP contribution in [0, 0.1) is 0 Å². The van der Waals surface area contributed by atoms with E-state index in [2.05, 4.69) is 15.4 Å². The van der Waals surface area contributed by atoms with Crippen molar-refractivity contribution in [3.8, 4) is 0 Å². The van der Waals surface area contributed by atoms with E-state index in [0.717, 1.165) is 0 Å². The summed E-state index contributed by atoms with van der Waals surface area (Å²) in [6.07, 6.45) is 0.00239. The van der Waals surface area contributed by atoms with Gasteiger partial charge >= 0.3 is 0 Å². The van der Waals surface area contributed by atoms with Gasteiger partial charge in [0.25, 0.3) is 11.8 Å². The average molecular weight is 418 g/mol. The van der Waals surface area contributed by atoms with Crippen molar-refractivity contribution in [2.45, 2.75) is 18.2 Å². The number of anilines is 1. The monoisotopic (exact) mass is 418 g/mol. The van der Waals surface area contributed by atoms with Gasteiger partial charge in [0.2, 0.25) is 15.9 Å². The minimum Gasteiger partial charge on any atom is -0.370 e. The Labute approximate surface area is 168 Å². The van der Waals surface area contributed by atoms with Crippen LogP contribution >= 0.6 is 0 Å². The number of nitrogens with two attached hydrogens (primary N) is 1. The van der Waals surface area contributed by atoms with E-state index in [1.165, 1.54) is 30.3 Å². The highest BCUT2D eigenvalue weighted by atomic mass is 32.2. The largest absolute Gasteiger partial charge is 0.370 e. The van der Waals surface area contributed by atoms with Gasteiger partial charge in [0, 0.05) is 25.1 Å². The van der Waals surface area contributed by atoms with Crippen molar-refractivity contribution in [2.24, 2.45) is 5.73 Å². The van der Waals surface area contributed by atoms with Crippen LogP contribution < -0.4 is 21.1 Å². The predicted octanol–water partition coefficient (Wildman–Crippen LogP) is 0.842. The smallest absolute Gasteiger partial charge is 0.255 e. The summed E-state index contributed by atoms with van der Waals surface area (Å²) in [6.45, 7) is 2.00. The van der Waals surface area contributed by atoms with E-state index in [1.807, 2.05) is 0 Å². The molecule has 0 heterocycles. The quantitative estimate of drug-likeness (QED) is 0.476. The van der Waals surface area contributed by atoms with Crippen molar-refractivity contribution in [2.75, 3.05) is 18.4 Å². The number of sulfonamides is 1. The molecule has 0 saturated carbocycles. The topological polar surface area (TPSA) is 147 Å². The third-order valence-electron chi connectivity index (χ3n) is 3.84. The van der Waals surface area contributed by atoms with Gasteiger partial charge in [-0.15, -0.1) is 0 Å². The number of hydrogen-bond acceptors (Lipinski definition) is 5. The molecule has 0 radical (unpaired) electrons. The molecule has 0 bridgehead atoms. The van der Waals surface area contributed by atoms with Crippen molar-refractivity contribution in [1.82, 2.24) is 10.0 Å². The van der Waals surface area contributed by atoms with Gasteiger partial charge in [0.1, 0.15) is 0 Å². The molecular weight excluding hydrogens is 396 g/mol. The molecule has 2 aromatic rings. The van der Waals surface area contributed by atoms with E-state index in [9.17, 15) is 22.8 Å². The highest BCUT2D eigenvalue weighted by Gasteiger charge is 2.16. The molecule has 5 N–H and O–H groups in total. The molecule has 0 aliphatic carbocycles. The standard InChI is InChI=1S/C19H22N4O5S/c1-2-22-29(27,28)14-9-7-13(8-10-14)18(25)23-16-6-4-3-5-15(16)19(26)21-12-11-17(20)24/h3-10,22H,2,11-12H2,1H3,(H2,20,24)(H,21,26)(H,23,25). The summed E-state index contributed by atoms with van der Waals surface area (Å²) in [5.74, 6) is -1.50. The van der Waals surface area contributed by atoms with Crippen molar-refractivity contribution in [3.63, 3.8) is 0 Å². The molecule has 0 aromatic heterocycles. The van der Waals surface area contributed by atoms with Crippen LogP contribution in [-0.2, 0) is 14.8 Å². The van der Waals surface area contributed by atoms with Gasteiger partial charge in [-0.3, -0.25) is 14.4 Å². The Morgan fingerprint density at radius 3 is 2.24 bits per heavy atom. The highest BCUT2D eigenvalue weighted by molar-refractivity contribution is 7.89. The van der Waals surface area contributed by atoms with Crippen LogP contribution in [-0.4, -0.2) is 39.2 Å². The second-order valence-electron chi connectivity index (χ2n) is 6.00. The molecule has 0 spiro atoms. The second kappa shape index (κ2) is 9.80. The molecule has 0 aliphatic heterocycles. The molecule has 9 nitrogen and oxygen atoms in total. The van der Waals surface area contributed by atoms with Gasteiger partial charge in [0.05, 0.1) is 16.1 Å². The molecule has 2 aromatic carbocycles. The minimum atomic E-state index is -3.61. The lowest BCUT2D eigenvalue weighted by Crippen LogP contribution is -2.28. The Morgan fingerprint density at radius 2 is 1.62 bits per heavy atom. The van der Waals surface area contributed by atoms with Gasteiger partial charge in [0.15, 0.2) is 0 Å². The van der Waals surface area contributed by atoms with Crippen molar-refractivity contribution >= 4 is 33.4 Å². The van der Waals surface area contributed by atoms with E-state index in [-0.39, 0.29) is 41.2 Å². The maximum absolute atomic E-state index is 12.5. The number of nitrogens with one attached hydrogen (secondary N) is 3. The van der Waals surface area contributed by atoms with Crippen molar-refractivity contribution in [3.05, 3.63) is 59.7 Å². The third kappa shape index (κ3) is 6.13. The molecule has 2 rings (SSSR count). The molecule has 0 atom stereocenters. The molecule has 0 fully saturated rings. The molecule has 0 aliphatic rings. The summed E-state index contributed by atoms with van der Waals surface area (Å²) in [5.41, 5.74) is 5.76. The van der Waals surface area contributed by atoms with E-state index < -0.39 is 27.7 Å². The zero-order valence-electron chi connectivity index (χ0n) is 15.8. The van der Waals surface area contributed by atoms with Crippen LogP contribution in [0.15, 0.2) is 53.4 Å². The van der Waals surface area contributed by atoms with E-state index >= 15 is 0 Å². The zero-order chi connectivity index (χ0) is 21.4. The first-order chi connectivity index (χ1) is 13.7. The van der Waals surface area contributed by atoms with Gasteiger partial charge < -0.3 is 16.4 Å². The molecule has 0 saturated heterocycles. The fourth-order valence-corrected chi connectivity index (χ4v) is 3.48. The fourth-order valence-electron chi connectivity index (χ4n) is 2.44. The maximum Gasteiger partial charge on any atom is 0.255 e.